The van der Waals surface area contributed by atoms with Crippen LogP contribution in [0, 0.1) is 17.6 Å². The average molecular weight is 408 g/mol. The number of halogens is 5. The van der Waals surface area contributed by atoms with Crippen LogP contribution >= 0.6 is 0 Å². The molecule has 0 bridgehead atoms. The Balaban J connectivity index is 1.74. The van der Waals surface area contributed by atoms with Crippen LogP contribution in [-0.2, 0) is 0 Å². The number of rotatable bonds is 5. The monoisotopic (exact) mass is 408 g/mol. The van der Waals surface area contributed by atoms with Crippen molar-refractivity contribution in [1.29, 1.82) is 0 Å². The molecule has 0 heterocycles. The standard InChI is InChI=1S/C24H25F5/c1-2-3-16-4-6-17(7-5-16)18-8-10-19(11-9-18)20-14-22(25)21(23(26)15-20)12-13-24(27,28)29/h8-17H,2-7H2,1H3/b13-12+. The molecule has 29 heavy (non-hydrogen) atoms. The van der Waals surface area contributed by atoms with E-state index in [1.165, 1.54) is 31.2 Å². The van der Waals surface area contributed by atoms with Gasteiger partial charge in [0.25, 0.3) is 0 Å². The second-order valence-electron chi connectivity index (χ2n) is 7.86. The lowest BCUT2D eigenvalue weighted by Crippen LogP contribution is -2.13. The molecule has 1 aliphatic rings. The van der Waals surface area contributed by atoms with Crippen LogP contribution in [0.2, 0.25) is 0 Å². The Morgan fingerprint density at radius 1 is 0.897 bits per heavy atom. The average Bonchev–Trinajstić information content (AvgIpc) is 2.67. The highest BCUT2D eigenvalue weighted by Crippen LogP contribution is 2.38. The predicted molar refractivity (Wildman–Crippen MR) is 106 cm³/mol. The number of alkyl halides is 3. The Hall–Kier alpha value is -2.17. The van der Waals surface area contributed by atoms with E-state index in [0.29, 0.717) is 23.1 Å². The summed E-state index contributed by atoms with van der Waals surface area (Å²) in [5.74, 6) is -0.690. The summed E-state index contributed by atoms with van der Waals surface area (Å²) in [7, 11) is 0. The van der Waals surface area contributed by atoms with Crippen LogP contribution in [0.4, 0.5) is 22.0 Å². The fourth-order valence-electron chi connectivity index (χ4n) is 4.23. The van der Waals surface area contributed by atoms with Gasteiger partial charge in [0.2, 0.25) is 0 Å². The van der Waals surface area contributed by atoms with E-state index in [1.807, 2.05) is 24.3 Å². The summed E-state index contributed by atoms with van der Waals surface area (Å²) < 4.78 is 65.2. The van der Waals surface area contributed by atoms with Crippen molar-refractivity contribution in [3.05, 3.63) is 65.2 Å². The quantitative estimate of drug-likeness (QED) is 0.437. The predicted octanol–water partition coefficient (Wildman–Crippen LogP) is 8.28. The Morgan fingerprint density at radius 3 is 2.00 bits per heavy atom. The summed E-state index contributed by atoms with van der Waals surface area (Å²) in [6, 6.07) is 9.79. The van der Waals surface area contributed by atoms with Gasteiger partial charge in [0, 0.05) is 11.6 Å². The first-order valence-corrected chi connectivity index (χ1v) is 10.1. The van der Waals surface area contributed by atoms with E-state index in [-0.39, 0.29) is 6.08 Å². The molecule has 1 aliphatic carbocycles. The third-order valence-electron chi connectivity index (χ3n) is 5.78. The zero-order valence-corrected chi connectivity index (χ0v) is 16.4. The zero-order chi connectivity index (χ0) is 21.0. The first-order chi connectivity index (χ1) is 13.8. The van der Waals surface area contributed by atoms with E-state index in [0.717, 1.165) is 30.9 Å². The van der Waals surface area contributed by atoms with E-state index in [1.54, 1.807) is 0 Å². The molecule has 0 unspecified atom stereocenters. The molecule has 0 aromatic heterocycles. The molecule has 5 heteroatoms. The van der Waals surface area contributed by atoms with Gasteiger partial charge in [-0.25, -0.2) is 8.78 Å². The summed E-state index contributed by atoms with van der Waals surface area (Å²) in [5.41, 5.74) is 1.49. The molecule has 0 radical (unpaired) electrons. The van der Waals surface area contributed by atoms with E-state index >= 15 is 0 Å². The lowest BCUT2D eigenvalue weighted by molar-refractivity contribution is -0.0790. The topological polar surface area (TPSA) is 0 Å². The molecule has 0 N–H and O–H groups in total. The molecule has 0 amide bonds. The second-order valence-corrected chi connectivity index (χ2v) is 7.86. The molecule has 0 spiro atoms. The van der Waals surface area contributed by atoms with Crippen molar-refractivity contribution in [3.63, 3.8) is 0 Å². The third kappa shape index (κ3) is 5.68. The van der Waals surface area contributed by atoms with Crippen LogP contribution in [0.5, 0.6) is 0 Å². The molecular weight excluding hydrogens is 383 g/mol. The van der Waals surface area contributed by atoms with Crippen LogP contribution in [0.3, 0.4) is 0 Å². The van der Waals surface area contributed by atoms with Gasteiger partial charge in [-0.05, 0) is 72.4 Å². The highest BCUT2D eigenvalue weighted by Gasteiger charge is 2.23. The summed E-state index contributed by atoms with van der Waals surface area (Å²) >= 11 is 0. The summed E-state index contributed by atoms with van der Waals surface area (Å²) in [5, 5.41) is 0. The Labute approximate surface area is 168 Å². The summed E-state index contributed by atoms with van der Waals surface area (Å²) in [6.07, 6.45) is 2.95. The minimum Gasteiger partial charge on any atom is -0.206 e. The summed E-state index contributed by atoms with van der Waals surface area (Å²) in [6.45, 7) is 2.22. The van der Waals surface area contributed by atoms with Crippen LogP contribution in [-0.4, -0.2) is 6.18 Å². The highest BCUT2D eigenvalue weighted by atomic mass is 19.4. The number of allylic oxidation sites excluding steroid dienone is 1. The fraction of sp³-hybridized carbons (Fsp3) is 0.417. The largest absolute Gasteiger partial charge is 0.409 e. The van der Waals surface area contributed by atoms with Crippen molar-refractivity contribution in [2.24, 2.45) is 5.92 Å². The minimum atomic E-state index is -4.62. The highest BCUT2D eigenvalue weighted by molar-refractivity contribution is 5.67. The van der Waals surface area contributed by atoms with Gasteiger partial charge in [-0.1, -0.05) is 44.0 Å². The molecule has 3 rings (SSSR count). The van der Waals surface area contributed by atoms with Gasteiger partial charge < -0.3 is 0 Å². The van der Waals surface area contributed by atoms with Gasteiger partial charge in [0.05, 0.1) is 0 Å². The molecular formula is C24H25F5. The Morgan fingerprint density at radius 2 is 1.48 bits per heavy atom. The molecule has 0 nitrogen and oxygen atoms in total. The van der Waals surface area contributed by atoms with Crippen LogP contribution in [0.15, 0.2) is 42.5 Å². The van der Waals surface area contributed by atoms with Crippen LogP contribution in [0.25, 0.3) is 17.2 Å². The zero-order valence-electron chi connectivity index (χ0n) is 16.4. The molecule has 0 saturated heterocycles. The Kier molecular flexibility index (Phi) is 6.76. The first kappa shape index (κ1) is 21.5. The number of hydrogen-bond acceptors (Lipinski definition) is 0. The lowest BCUT2D eigenvalue weighted by atomic mass is 9.77. The maximum atomic E-state index is 14.2. The molecule has 2 aromatic carbocycles. The molecule has 0 atom stereocenters. The van der Waals surface area contributed by atoms with Crippen molar-refractivity contribution >= 4 is 6.08 Å². The fourth-order valence-corrected chi connectivity index (χ4v) is 4.23. The molecule has 1 fully saturated rings. The van der Waals surface area contributed by atoms with Crippen molar-refractivity contribution in [2.75, 3.05) is 0 Å². The van der Waals surface area contributed by atoms with Crippen molar-refractivity contribution < 1.29 is 22.0 Å². The van der Waals surface area contributed by atoms with Gasteiger partial charge in [-0.15, -0.1) is 0 Å². The van der Waals surface area contributed by atoms with E-state index in [2.05, 4.69) is 6.92 Å². The van der Waals surface area contributed by atoms with E-state index in [9.17, 15) is 22.0 Å². The SMILES string of the molecule is CCCC1CCC(c2ccc(-c3cc(F)c(/C=C/C(F)(F)F)c(F)c3)cc2)CC1. The number of benzene rings is 2. The van der Waals surface area contributed by atoms with Crippen molar-refractivity contribution in [3.8, 4) is 11.1 Å². The smallest absolute Gasteiger partial charge is 0.206 e. The van der Waals surface area contributed by atoms with Crippen molar-refractivity contribution in [2.45, 2.75) is 57.5 Å². The lowest BCUT2D eigenvalue weighted by Gasteiger charge is -2.28. The van der Waals surface area contributed by atoms with Gasteiger partial charge in [0.15, 0.2) is 0 Å². The van der Waals surface area contributed by atoms with Gasteiger partial charge in [-0.3, -0.25) is 0 Å². The van der Waals surface area contributed by atoms with Crippen molar-refractivity contribution in [1.82, 2.24) is 0 Å². The normalized spacial score (nSPS) is 20.3. The molecule has 156 valence electrons. The van der Waals surface area contributed by atoms with Gasteiger partial charge in [-0.2, -0.15) is 13.2 Å². The maximum absolute atomic E-state index is 14.2. The number of hydrogen-bond donors (Lipinski definition) is 0. The third-order valence-corrected chi connectivity index (χ3v) is 5.78. The first-order valence-electron chi connectivity index (χ1n) is 10.1. The maximum Gasteiger partial charge on any atom is 0.409 e. The van der Waals surface area contributed by atoms with Crippen LogP contribution < -0.4 is 0 Å². The Bertz CT molecular complexity index is 818. The van der Waals surface area contributed by atoms with E-state index < -0.39 is 23.4 Å². The summed E-state index contributed by atoms with van der Waals surface area (Å²) in [4.78, 5) is 0. The minimum absolute atomic E-state index is 0.168. The van der Waals surface area contributed by atoms with E-state index in [4.69, 9.17) is 0 Å². The second kappa shape index (κ2) is 9.10. The van der Waals surface area contributed by atoms with Crippen LogP contribution in [0.1, 0.15) is 62.5 Å². The van der Waals surface area contributed by atoms with Gasteiger partial charge >= 0.3 is 6.18 Å². The van der Waals surface area contributed by atoms with Gasteiger partial charge in [0.1, 0.15) is 11.6 Å². The molecule has 1 saturated carbocycles. The molecule has 0 aliphatic heterocycles. The molecule has 2 aromatic rings.